The molecule has 0 saturated heterocycles. The Hall–Kier alpha value is -2.08. The SMILES string of the molecule is CCCCCNC(=O)c1ccc(NC(=O)c2ccco2)s1. The second-order valence-electron chi connectivity index (χ2n) is 4.56. The Kier molecular flexibility index (Phi) is 5.57. The van der Waals surface area contributed by atoms with Crippen molar-refractivity contribution in [1.82, 2.24) is 5.32 Å². The van der Waals surface area contributed by atoms with Gasteiger partial charge in [0.2, 0.25) is 0 Å². The lowest BCUT2D eigenvalue weighted by Crippen LogP contribution is -2.23. The summed E-state index contributed by atoms with van der Waals surface area (Å²) in [6.45, 7) is 2.80. The van der Waals surface area contributed by atoms with Crippen LogP contribution < -0.4 is 10.6 Å². The molecule has 0 aromatic carbocycles. The van der Waals surface area contributed by atoms with Crippen LogP contribution in [0.2, 0.25) is 0 Å². The Morgan fingerprint density at radius 3 is 2.76 bits per heavy atom. The second kappa shape index (κ2) is 7.64. The summed E-state index contributed by atoms with van der Waals surface area (Å²) >= 11 is 1.24. The van der Waals surface area contributed by atoms with E-state index in [1.807, 2.05) is 0 Å². The van der Waals surface area contributed by atoms with Crippen LogP contribution >= 0.6 is 11.3 Å². The number of carbonyl (C=O) groups is 2. The molecular weight excluding hydrogens is 288 g/mol. The fourth-order valence-electron chi connectivity index (χ4n) is 1.77. The topological polar surface area (TPSA) is 71.3 Å². The molecule has 0 aliphatic heterocycles. The molecule has 6 heteroatoms. The first kappa shape index (κ1) is 15.3. The number of furan rings is 1. The Morgan fingerprint density at radius 2 is 2.05 bits per heavy atom. The summed E-state index contributed by atoms with van der Waals surface area (Å²) in [5.74, 6) is -0.180. The van der Waals surface area contributed by atoms with Gasteiger partial charge < -0.3 is 15.1 Å². The molecule has 0 fully saturated rings. The lowest BCUT2D eigenvalue weighted by atomic mass is 10.2. The monoisotopic (exact) mass is 306 g/mol. The van der Waals surface area contributed by atoms with Gasteiger partial charge in [-0.3, -0.25) is 9.59 Å². The maximum absolute atomic E-state index is 11.9. The summed E-state index contributed by atoms with van der Waals surface area (Å²) in [5.41, 5.74) is 0. The summed E-state index contributed by atoms with van der Waals surface area (Å²) in [5, 5.41) is 6.19. The van der Waals surface area contributed by atoms with Crippen LogP contribution in [0.15, 0.2) is 34.9 Å². The number of rotatable bonds is 7. The predicted octanol–water partition coefficient (Wildman–Crippen LogP) is 3.51. The number of thiophene rings is 1. The van der Waals surface area contributed by atoms with E-state index in [1.165, 1.54) is 17.6 Å². The highest BCUT2D eigenvalue weighted by atomic mass is 32.1. The smallest absolute Gasteiger partial charge is 0.291 e. The highest BCUT2D eigenvalue weighted by molar-refractivity contribution is 7.18. The van der Waals surface area contributed by atoms with Crippen molar-refractivity contribution < 1.29 is 14.0 Å². The molecule has 2 rings (SSSR count). The number of hydrogen-bond acceptors (Lipinski definition) is 4. The lowest BCUT2D eigenvalue weighted by Gasteiger charge is -2.02. The van der Waals surface area contributed by atoms with Crippen molar-refractivity contribution in [1.29, 1.82) is 0 Å². The van der Waals surface area contributed by atoms with Gasteiger partial charge in [-0.15, -0.1) is 11.3 Å². The van der Waals surface area contributed by atoms with E-state index in [-0.39, 0.29) is 17.6 Å². The molecule has 21 heavy (non-hydrogen) atoms. The van der Waals surface area contributed by atoms with E-state index in [2.05, 4.69) is 17.6 Å². The molecule has 2 N–H and O–H groups in total. The van der Waals surface area contributed by atoms with Gasteiger partial charge in [0.25, 0.3) is 11.8 Å². The highest BCUT2D eigenvalue weighted by Crippen LogP contribution is 2.22. The number of nitrogens with one attached hydrogen (secondary N) is 2. The molecule has 0 unspecified atom stereocenters. The molecule has 2 heterocycles. The van der Waals surface area contributed by atoms with E-state index in [1.54, 1.807) is 24.3 Å². The maximum atomic E-state index is 11.9. The molecule has 2 aromatic heterocycles. The van der Waals surface area contributed by atoms with Gasteiger partial charge in [-0.25, -0.2) is 0 Å². The van der Waals surface area contributed by atoms with Crippen molar-refractivity contribution in [2.24, 2.45) is 0 Å². The zero-order valence-corrected chi connectivity index (χ0v) is 12.7. The van der Waals surface area contributed by atoms with Crippen LogP contribution in [0.3, 0.4) is 0 Å². The normalized spacial score (nSPS) is 10.3. The predicted molar refractivity (Wildman–Crippen MR) is 82.8 cm³/mol. The maximum Gasteiger partial charge on any atom is 0.291 e. The molecule has 112 valence electrons. The Bertz CT molecular complexity index is 590. The standard InChI is InChI=1S/C15H18N2O3S/c1-2-3-4-9-16-15(19)12-7-8-13(21-12)17-14(18)11-6-5-10-20-11/h5-8,10H,2-4,9H2,1H3,(H,16,19)(H,17,18). The van der Waals surface area contributed by atoms with Gasteiger partial charge in [-0.2, -0.15) is 0 Å². The average molecular weight is 306 g/mol. The molecule has 2 aromatic rings. The third kappa shape index (κ3) is 4.46. The van der Waals surface area contributed by atoms with Crippen molar-refractivity contribution in [2.75, 3.05) is 11.9 Å². The zero-order valence-electron chi connectivity index (χ0n) is 11.8. The first-order valence-corrected chi connectivity index (χ1v) is 7.75. The van der Waals surface area contributed by atoms with Crippen molar-refractivity contribution in [3.05, 3.63) is 41.2 Å². The molecule has 0 saturated carbocycles. The van der Waals surface area contributed by atoms with Gasteiger partial charge >= 0.3 is 0 Å². The minimum absolute atomic E-state index is 0.102. The van der Waals surface area contributed by atoms with Crippen molar-refractivity contribution >= 4 is 28.2 Å². The largest absolute Gasteiger partial charge is 0.459 e. The first-order valence-electron chi connectivity index (χ1n) is 6.93. The van der Waals surface area contributed by atoms with E-state index in [0.717, 1.165) is 19.3 Å². The van der Waals surface area contributed by atoms with Crippen LogP contribution in [-0.4, -0.2) is 18.4 Å². The molecule has 0 aliphatic rings. The van der Waals surface area contributed by atoms with Gasteiger partial charge in [0.15, 0.2) is 5.76 Å². The Morgan fingerprint density at radius 1 is 1.19 bits per heavy atom. The Balaban J connectivity index is 1.86. The van der Waals surface area contributed by atoms with E-state index in [0.29, 0.717) is 16.4 Å². The first-order chi connectivity index (χ1) is 10.2. The molecule has 2 amide bonds. The van der Waals surface area contributed by atoms with Gasteiger partial charge in [-0.05, 0) is 30.7 Å². The van der Waals surface area contributed by atoms with Crippen molar-refractivity contribution in [2.45, 2.75) is 26.2 Å². The van der Waals surface area contributed by atoms with E-state index in [4.69, 9.17) is 4.42 Å². The third-order valence-corrected chi connectivity index (χ3v) is 3.88. The third-order valence-electron chi connectivity index (χ3n) is 2.88. The lowest BCUT2D eigenvalue weighted by molar-refractivity contribution is 0.0955. The summed E-state index contributed by atoms with van der Waals surface area (Å²) in [6, 6.07) is 6.66. The number of unbranched alkanes of at least 4 members (excludes halogenated alkanes) is 2. The molecule has 0 radical (unpaired) electrons. The van der Waals surface area contributed by atoms with Crippen LogP contribution in [0.25, 0.3) is 0 Å². The van der Waals surface area contributed by atoms with Crippen LogP contribution in [0.1, 0.15) is 46.4 Å². The van der Waals surface area contributed by atoms with Gasteiger partial charge in [-0.1, -0.05) is 19.8 Å². The van der Waals surface area contributed by atoms with E-state index >= 15 is 0 Å². The van der Waals surface area contributed by atoms with E-state index < -0.39 is 0 Å². The van der Waals surface area contributed by atoms with Crippen LogP contribution in [-0.2, 0) is 0 Å². The number of anilines is 1. The zero-order chi connectivity index (χ0) is 15.1. The average Bonchev–Trinajstić information content (AvgIpc) is 3.14. The minimum Gasteiger partial charge on any atom is -0.459 e. The van der Waals surface area contributed by atoms with Crippen molar-refractivity contribution in [3.8, 4) is 0 Å². The number of amides is 2. The van der Waals surface area contributed by atoms with Gasteiger partial charge in [0, 0.05) is 6.54 Å². The molecular formula is C15H18N2O3S. The summed E-state index contributed by atoms with van der Waals surface area (Å²) in [6.07, 6.45) is 4.65. The summed E-state index contributed by atoms with van der Waals surface area (Å²) in [7, 11) is 0. The number of carbonyl (C=O) groups excluding carboxylic acids is 2. The fraction of sp³-hybridized carbons (Fsp3) is 0.333. The number of hydrogen-bond donors (Lipinski definition) is 2. The molecule has 5 nitrogen and oxygen atoms in total. The molecule has 0 spiro atoms. The van der Waals surface area contributed by atoms with E-state index in [9.17, 15) is 9.59 Å². The Labute approximate surface area is 127 Å². The fourth-order valence-corrected chi connectivity index (χ4v) is 2.59. The van der Waals surface area contributed by atoms with Crippen molar-refractivity contribution in [3.63, 3.8) is 0 Å². The van der Waals surface area contributed by atoms with Crippen LogP contribution in [0.5, 0.6) is 0 Å². The molecule has 0 bridgehead atoms. The van der Waals surface area contributed by atoms with Crippen LogP contribution in [0.4, 0.5) is 5.00 Å². The van der Waals surface area contributed by atoms with Gasteiger partial charge in [0.05, 0.1) is 16.1 Å². The summed E-state index contributed by atoms with van der Waals surface area (Å²) in [4.78, 5) is 24.3. The van der Waals surface area contributed by atoms with Crippen LogP contribution in [0, 0.1) is 0 Å². The molecule has 0 atom stereocenters. The summed E-state index contributed by atoms with van der Waals surface area (Å²) < 4.78 is 5.01. The minimum atomic E-state index is -0.322. The molecule has 0 aliphatic carbocycles. The second-order valence-corrected chi connectivity index (χ2v) is 5.64. The van der Waals surface area contributed by atoms with Gasteiger partial charge in [0.1, 0.15) is 0 Å². The quantitative estimate of drug-likeness (QED) is 0.769. The highest BCUT2D eigenvalue weighted by Gasteiger charge is 2.12.